The third kappa shape index (κ3) is 1.12. The van der Waals surface area contributed by atoms with E-state index in [1.807, 2.05) is 0 Å². The van der Waals surface area contributed by atoms with Crippen LogP contribution in [-0.2, 0) is 4.79 Å². The first-order valence-electron chi connectivity index (χ1n) is 5.44. The minimum Gasteiger partial charge on any atom is -0.299 e. The topological polar surface area (TPSA) is 17.1 Å². The highest BCUT2D eigenvalue weighted by Crippen LogP contribution is 2.42. The number of Topliss-reactive ketones (excluding diaryl/α,β-unsaturated/α-hetero) is 1. The molecule has 0 spiro atoms. The van der Waals surface area contributed by atoms with Crippen molar-refractivity contribution in [1.29, 1.82) is 0 Å². The van der Waals surface area contributed by atoms with Crippen LogP contribution in [0, 0.1) is 11.8 Å². The Morgan fingerprint density at radius 3 is 3.14 bits per heavy atom. The van der Waals surface area contributed by atoms with Gasteiger partial charge in [-0.2, -0.15) is 0 Å². The van der Waals surface area contributed by atoms with Crippen molar-refractivity contribution in [3.63, 3.8) is 0 Å². The first-order valence-corrected chi connectivity index (χ1v) is 5.44. The van der Waals surface area contributed by atoms with E-state index in [-0.39, 0.29) is 0 Å². The highest BCUT2D eigenvalue weighted by atomic mass is 16.1. The number of hydrogen-bond acceptors (Lipinski definition) is 1. The van der Waals surface area contributed by atoms with E-state index in [1.165, 1.54) is 11.1 Å². The first-order chi connectivity index (χ1) is 6.84. The lowest BCUT2D eigenvalue weighted by atomic mass is 9.77. The molecule has 14 heavy (non-hydrogen) atoms. The molecule has 0 aromatic heterocycles. The zero-order chi connectivity index (χ0) is 9.54. The zero-order valence-corrected chi connectivity index (χ0v) is 8.20. The Labute approximate surface area is 84.2 Å². The van der Waals surface area contributed by atoms with E-state index in [9.17, 15) is 4.79 Å². The zero-order valence-electron chi connectivity index (χ0n) is 8.20. The molecule has 0 heterocycles. The van der Waals surface area contributed by atoms with E-state index in [2.05, 4.69) is 24.3 Å². The van der Waals surface area contributed by atoms with Crippen molar-refractivity contribution >= 4 is 5.78 Å². The third-order valence-corrected chi connectivity index (χ3v) is 3.69. The predicted octanol–water partition coefficient (Wildman–Crippen LogP) is 2.80. The van der Waals surface area contributed by atoms with Gasteiger partial charge in [0.15, 0.2) is 0 Å². The van der Waals surface area contributed by atoms with Gasteiger partial charge in [-0.3, -0.25) is 4.79 Å². The van der Waals surface area contributed by atoms with Gasteiger partial charge in [-0.05, 0) is 36.3 Å². The average molecular weight is 186 g/mol. The van der Waals surface area contributed by atoms with Crippen LogP contribution in [0.1, 0.15) is 25.7 Å². The summed E-state index contributed by atoms with van der Waals surface area (Å²) >= 11 is 0. The Bertz CT molecular complexity index is 371. The fraction of sp³-hybridized carbons (Fsp3) is 0.462. The molecule has 1 heteroatoms. The average Bonchev–Trinajstić information content (AvgIpc) is 2.57. The molecule has 0 amide bonds. The van der Waals surface area contributed by atoms with Gasteiger partial charge in [0, 0.05) is 12.3 Å². The molecule has 3 aliphatic carbocycles. The molecule has 3 rings (SSSR count). The minimum atomic E-state index is 0.316. The van der Waals surface area contributed by atoms with Crippen molar-refractivity contribution in [2.45, 2.75) is 25.7 Å². The van der Waals surface area contributed by atoms with Crippen LogP contribution in [0.25, 0.3) is 0 Å². The van der Waals surface area contributed by atoms with Crippen LogP contribution in [0.3, 0.4) is 0 Å². The standard InChI is InChI=1S/C13H14O/c14-13-6-5-11-7-9-3-1-2-4-10(9)8-12(11)13/h1-2,4,7,11-12H,3,5-6,8H2. The molecule has 0 aromatic rings. The van der Waals surface area contributed by atoms with Crippen LogP contribution >= 0.6 is 0 Å². The maximum Gasteiger partial charge on any atom is 0.136 e. The summed E-state index contributed by atoms with van der Waals surface area (Å²) in [6, 6.07) is 0. The molecule has 1 fully saturated rings. The smallest absolute Gasteiger partial charge is 0.136 e. The van der Waals surface area contributed by atoms with Crippen molar-refractivity contribution in [1.82, 2.24) is 0 Å². The van der Waals surface area contributed by atoms with E-state index in [0.29, 0.717) is 17.6 Å². The molecule has 2 unspecified atom stereocenters. The molecule has 3 aliphatic rings. The Kier molecular flexibility index (Phi) is 1.73. The number of fused-ring (bicyclic) bond motifs is 2. The SMILES string of the molecule is O=C1CCC2C=C3CC=CC=C3CC12. The minimum absolute atomic E-state index is 0.316. The Balaban J connectivity index is 1.98. The van der Waals surface area contributed by atoms with E-state index in [1.54, 1.807) is 0 Å². The van der Waals surface area contributed by atoms with E-state index < -0.39 is 0 Å². The summed E-state index contributed by atoms with van der Waals surface area (Å²) in [4.78, 5) is 11.6. The molecule has 2 atom stereocenters. The fourth-order valence-corrected chi connectivity index (χ4v) is 2.89. The summed E-state index contributed by atoms with van der Waals surface area (Å²) in [5.41, 5.74) is 2.88. The largest absolute Gasteiger partial charge is 0.299 e. The van der Waals surface area contributed by atoms with Crippen LogP contribution in [0.4, 0.5) is 0 Å². The lowest BCUT2D eigenvalue weighted by molar-refractivity contribution is -0.121. The molecule has 1 nitrogen and oxygen atoms in total. The summed E-state index contributed by atoms with van der Waals surface area (Å²) in [5.74, 6) is 1.36. The predicted molar refractivity (Wildman–Crippen MR) is 55.8 cm³/mol. The molecule has 0 radical (unpaired) electrons. The monoisotopic (exact) mass is 186 g/mol. The molecule has 0 N–H and O–H groups in total. The maximum absolute atomic E-state index is 11.6. The van der Waals surface area contributed by atoms with Gasteiger partial charge >= 0.3 is 0 Å². The number of rotatable bonds is 0. The van der Waals surface area contributed by atoms with Crippen LogP contribution in [0.2, 0.25) is 0 Å². The van der Waals surface area contributed by atoms with Gasteiger partial charge in [-0.1, -0.05) is 24.3 Å². The number of ketones is 1. The van der Waals surface area contributed by atoms with Gasteiger partial charge in [0.25, 0.3) is 0 Å². The lowest BCUT2D eigenvalue weighted by Gasteiger charge is -2.26. The van der Waals surface area contributed by atoms with Crippen molar-refractivity contribution < 1.29 is 4.79 Å². The van der Waals surface area contributed by atoms with Crippen LogP contribution in [0.5, 0.6) is 0 Å². The molecule has 72 valence electrons. The molecule has 0 aromatic carbocycles. The Morgan fingerprint density at radius 1 is 1.29 bits per heavy atom. The van der Waals surface area contributed by atoms with Crippen LogP contribution in [0.15, 0.2) is 35.5 Å². The van der Waals surface area contributed by atoms with Gasteiger partial charge in [0.2, 0.25) is 0 Å². The number of allylic oxidation sites excluding steroid dienone is 6. The fourth-order valence-electron chi connectivity index (χ4n) is 2.89. The molecular weight excluding hydrogens is 172 g/mol. The second-order valence-corrected chi connectivity index (χ2v) is 4.50. The van der Waals surface area contributed by atoms with Crippen LogP contribution < -0.4 is 0 Å². The van der Waals surface area contributed by atoms with E-state index in [4.69, 9.17) is 0 Å². The van der Waals surface area contributed by atoms with Gasteiger partial charge in [-0.25, -0.2) is 0 Å². The number of hydrogen-bond donors (Lipinski definition) is 0. The maximum atomic E-state index is 11.6. The normalized spacial score (nSPS) is 34.7. The highest BCUT2D eigenvalue weighted by Gasteiger charge is 2.37. The third-order valence-electron chi connectivity index (χ3n) is 3.69. The summed E-state index contributed by atoms with van der Waals surface area (Å²) in [5, 5.41) is 0. The summed E-state index contributed by atoms with van der Waals surface area (Å²) in [6.45, 7) is 0. The second-order valence-electron chi connectivity index (χ2n) is 4.50. The molecule has 0 aliphatic heterocycles. The van der Waals surface area contributed by atoms with Crippen molar-refractivity contribution in [3.05, 3.63) is 35.5 Å². The first kappa shape index (κ1) is 8.22. The van der Waals surface area contributed by atoms with Gasteiger partial charge in [0.1, 0.15) is 5.78 Å². The van der Waals surface area contributed by atoms with Gasteiger partial charge in [0.05, 0.1) is 0 Å². The van der Waals surface area contributed by atoms with Crippen molar-refractivity contribution in [2.24, 2.45) is 11.8 Å². The Hall–Kier alpha value is -1.11. The molecule has 0 saturated heterocycles. The summed E-state index contributed by atoms with van der Waals surface area (Å²) in [6.07, 6.45) is 12.8. The summed E-state index contributed by atoms with van der Waals surface area (Å²) in [7, 11) is 0. The van der Waals surface area contributed by atoms with E-state index >= 15 is 0 Å². The molecular formula is C13H14O. The van der Waals surface area contributed by atoms with Crippen LogP contribution in [-0.4, -0.2) is 5.78 Å². The second kappa shape index (κ2) is 2.94. The number of carbonyl (C=O) groups is 1. The lowest BCUT2D eigenvalue weighted by Crippen LogP contribution is -2.19. The van der Waals surface area contributed by atoms with E-state index in [0.717, 1.165) is 25.7 Å². The summed E-state index contributed by atoms with van der Waals surface area (Å²) < 4.78 is 0. The molecule has 0 bridgehead atoms. The van der Waals surface area contributed by atoms with Crippen molar-refractivity contribution in [2.75, 3.05) is 0 Å². The quantitative estimate of drug-likeness (QED) is 0.568. The van der Waals surface area contributed by atoms with Gasteiger partial charge in [-0.15, -0.1) is 0 Å². The molecule has 1 saturated carbocycles. The highest BCUT2D eigenvalue weighted by molar-refractivity contribution is 5.84. The number of carbonyl (C=O) groups excluding carboxylic acids is 1. The van der Waals surface area contributed by atoms with Crippen molar-refractivity contribution in [3.8, 4) is 0 Å². The Morgan fingerprint density at radius 2 is 2.21 bits per heavy atom. The van der Waals surface area contributed by atoms with Gasteiger partial charge < -0.3 is 0 Å².